The number of hydrogen-bond donors (Lipinski definition) is 0. The second kappa shape index (κ2) is 9.18. The van der Waals surface area contributed by atoms with Crippen LogP contribution in [0.25, 0.3) is 16.9 Å². The Balaban J connectivity index is 1.61. The molecule has 1 aliphatic rings. The Kier molecular flexibility index (Phi) is 6.20. The Morgan fingerprint density at radius 2 is 1.76 bits per heavy atom. The average molecular weight is 408 g/mol. The van der Waals surface area contributed by atoms with Crippen molar-refractivity contribution in [3.8, 4) is 22.7 Å². The Labute approximate surface area is 175 Å². The van der Waals surface area contributed by atoms with Gasteiger partial charge in [-0.25, -0.2) is 4.98 Å². The van der Waals surface area contributed by atoms with Crippen molar-refractivity contribution in [2.75, 3.05) is 26.0 Å². The molecule has 3 aromatic rings. The van der Waals surface area contributed by atoms with Gasteiger partial charge >= 0.3 is 0 Å². The highest BCUT2D eigenvalue weighted by atomic mass is 32.2. The van der Waals surface area contributed by atoms with Crippen LogP contribution in [-0.4, -0.2) is 46.3 Å². The molecule has 0 bridgehead atoms. The van der Waals surface area contributed by atoms with Gasteiger partial charge in [-0.3, -0.25) is 9.36 Å². The van der Waals surface area contributed by atoms with Crippen molar-refractivity contribution in [3.05, 3.63) is 60.8 Å². The second-order valence-electron chi connectivity index (χ2n) is 7.06. The van der Waals surface area contributed by atoms with Gasteiger partial charge in [-0.05, 0) is 55.7 Å². The van der Waals surface area contributed by atoms with Gasteiger partial charge in [-0.1, -0.05) is 30.0 Å². The van der Waals surface area contributed by atoms with Crippen molar-refractivity contribution in [2.45, 2.75) is 24.4 Å². The summed E-state index contributed by atoms with van der Waals surface area (Å²) in [5, 5.41) is 0.826. The highest BCUT2D eigenvalue weighted by Crippen LogP contribution is 2.31. The summed E-state index contributed by atoms with van der Waals surface area (Å²) in [5.74, 6) is 1.43. The molecule has 0 atom stereocenters. The summed E-state index contributed by atoms with van der Waals surface area (Å²) in [4.78, 5) is 19.3. The maximum atomic E-state index is 12.6. The highest BCUT2D eigenvalue weighted by molar-refractivity contribution is 7.99. The predicted molar refractivity (Wildman–Crippen MR) is 117 cm³/mol. The zero-order valence-corrected chi connectivity index (χ0v) is 17.4. The van der Waals surface area contributed by atoms with Crippen LogP contribution in [0.4, 0.5) is 0 Å². The number of nitrogens with zero attached hydrogens (tertiary/aromatic N) is 3. The fraction of sp³-hybridized carbons (Fsp3) is 0.304. The second-order valence-corrected chi connectivity index (χ2v) is 8.00. The molecule has 6 heteroatoms. The molecule has 1 aliphatic heterocycles. The van der Waals surface area contributed by atoms with Gasteiger partial charge in [-0.2, -0.15) is 0 Å². The molecule has 1 aromatic heterocycles. The standard InChI is InChI=1S/C23H25N3O2S/c1-28-20-12-10-18(11-13-20)21-16-24-23(26(21)19-8-4-2-5-9-19)29-17-22(27)25-14-6-3-7-15-25/h2,4-5,8-13,16H,3,6-7,14-15,17H2,1H3. The summed E-state index contributed by atoms with van der Waals surface area (Å²) in [5.41, 5.74) is 3.08. The molecule has 5 nitrogen and oxygen atoms in total. The molecule has 0 radical (unpaired) electrons. The Hall–Kier alpha value is -2.73. The van der Waals surface area contributed by atoms with Crippen LogP contribution in [0.2, 0.25) is 0 Å². The molecule has 0 N–H and O–H groups in total. The summed E-state index contributed by atoms with van der Waals surface area (Å²) in [6.45, 7) is 1.76. The van der Waals surface area contributed by atoms with Crippen molar-refractivity contribution in [3.63, 3.8) is 0 Å². The van der Waals surface area contributed by atoms with E-state index in [2.05, 4.69) is 21.7 Å². The molecular weight excluding hydrogens is 382 g/mol. The number of piperidine rings is 1. The van der Waals surface area contributed by atoms with Crippen LogP contribution in [0, 0.1) is 0 Å². The first-order chi connectivity index (χ1) is 14.3. The van der Waals surface area contributed by atoms with Crippen LogP contribution in [0.3, 0.4) is 0 Å². The average Bonchev–Trinajstić information content (AvgIpc) is 3.22. The van der Waals surface area contributed by atoms with Crippen molar-refractivity contribution in [2.24, 2.45) is 0 Å². The minimum absolute atomic E-state index is 0.198. The van der Waals surface area contributed by atoms with E-state index in [9.17, 15) is 4.79 Å². The van der Waals surface area contributed by atoms with Gasteiger partial charge < -0.3 is 9.64 Å². The normalized spacial score (nSPS) is 14.0. The van der Waals surface area contributed by atoms with Crippen LogP contribution in [0.5, 0.6) is 5.75 Å². The van der Waals surface area contributed by atoms with Gasteiger partial charge in [0.2, 0.25) is 5.91 Å². The zero-order chi connectivity index (χ0) is 20.1. The molecule has 2 aromatic carbocycles. The maximum absolute atomic E-state index is 12.6. The smallest absolute Gasteiger partial charge is 0.233 e. The lowest BCUT2D eigenvalue weighted by Crippen LogP contribution is -2.36. The molecule has 4 rings (SSSR count). The molecule has 0 saturated carbocycles. The minimum atomic E-state index is 0.198. The van der Waals surface area contributed by atoms with Gasteiger partial charge in [0.15, 0.2) is 5.16 Å². The number of aromatic nitrogens is 2. The van der Waals surface area contributed by atoms with E-state index in [1.807, 2.05) is 53.6 Å². The number of carbonyl (C=O) groups is 1. The maximum Gasteiger partial charge on any atom is 0.233 e. The van der Waals surface area contributed by atoms with Crippen molar-refractivity contribution < 1.29 is 9.53 Å². The number of rotatable bonds is 6. The largest absolute Gasteiger partial charge is 0.497 e. The molecule has 0 unspecified atom stereocenters. The molecule has 1 fully saturated rings. The number of methoxy groups -OCH3 is 1. The first kappa shape index (κ1) is 19.6. The van der Waals surface area contributed by atoms with E-state index in [0.29, 0.717) is 5.75 Å². The summed E-state index contributed by atoms with van der Waals surface area (Å²) < 4.78 is 7.40. The number of thioether (sulfide) groups is 1. The van der Waals surface area contributed by atoms with Crippen LogP contribution in [0.1, 0.15) is 19.3 Å². The van der Waals surface area contributed by atoms with Crippen LogP contribution >= 0.6 is 11.8 Å². The zero-order valence-electron chi connectivity index (χ0n) is 16.6. The van der Waals surface area contributed by atoms with Gasteiger partial charge in [0.05, 0.1) is 24.8 Å². The topological polar surface area (TPSA) is 47.4 Å². The molecule has 0 spiro atoms. The predicted octanol–water partition coefficient (Wildman–Crippen LogP) is 4.65. The molecular formula is C23H25N3O2S. The summed E-state index contributed by atoms with van der Waals surface area (Å²) in [7, 11) is 1.66. The van der Waals surface area contributed by atoms with Crippen LogP contribution in [-0.2, 0) is 4.79 Å². The highest BCUT2D eigenvalue weighted by Gasteiger charge is 2.19. The van der Waals surface area contributed by atoms with E-state index in [1.165, 1.54) is 18.2 Å². The SMILES string of the molecule is COc1ccc(-c2cnc(SCC(=O)N3CCCCC3)n2-c2ccccc2)cc1. The van der Waals surface area contributed by atoms with Crippen LogP contribution < -0.4 is 4.74 Å². The lowest BCUT2D eigenvalue weighted by molar-refractivity contribution is -0.129. The number of imidazole rings is 1. The number of ether oxygens (including phenoxy) is 1. The van der Waals surface area contributed by atoms with Crippen molar-refractivity contribution >= 4 is 17.7 Å². The van der Waals surface area contributed by atoms with Crippen molar-refractivity contribution in [1.82, 2.24) is 14.5 Å². The van der Waals surface area contributed by atoms with Crippen LogP contribution in [0.15, 0.2) is 66.0 Å². The Morgan fingerprint density at radius 3 is 2.45 bits per heavy atom. The molecule has 29 heavy (non-hydrogen) atoms. The first-order valence-electron chi connectivity index (χ1n) is 9.94. The van der Waals surface area contributed by atoms with Gasteiger partial charge in [0.25, 0.3) is 0 Å². The quantitative estimate of drug-likeness (QED) is 0.558. The van der Waals surface area contributed by atoms with Gasteiger partial charge in [0.1, 0.15) is 5.75 Å². The summed E-state index contributed by atoms with van der Waals surface area (Å²) >= 11 is 1.50. The van der Waals surface area contributed by atoms with E-state index in [0.717, 1.165) is 53.8 Å². The third kappa shape index (κ3) is 4.48. The lowest BCUT2D eigenvalue weighted by atomic mass is 10.1. The number of para-hydroxylation sites is 1. The van der Waals surface area contributed by atoms with Crippen molar-refractivity contribution in [1.29, 1.82) is 0 Å². The first-order valence-corrected chi connectivity index (χ1v) is 10.9. The molecule has 1 amide bonds. The van der Waals surface area contributed by atoms with E-state index >= 15 is 0 Å². The van der Waals surface area contributed by atoms with E-state index in [1.54, 1.807) is 7.11 Å². The molecule has 1 saturated heterocycles. The molecule has 150 valence electrons. The van der Waals surface area contributed by atoms with E-state index in [-0.39, 0.29) is 5.91 Å². The van der Waals surface area contributed by atoms with E-state index in [4.69, 9.17) is 4.74 Å². The monoisotopic (exact) mass is 407 g/mol. The third-order valence-corrected chi connectivity index (χ3v) is 6.10. The number of amides is 1. The van der Waals surface area contributed by atoms with Gasteiger partial charge in [-0.15, -0.1) is 0 Å². The number of benzene rings is 2. The number of hydrogen-bond acceptors (Lipinski definition) is 4. The summed E-state index contributed by atoms with van der Waals surface area (Å²) in [6.07, 6.45) is 5.32. The molecule has 2 heterocycles. The Morgan fingerprint density at radius 1 is 1.03 bits per heavy atom. The molecule has 0 aliphatic carbocycles. The third-order valence-electron chi connectivity index (χ3n) is 5.16. The number of carbonyl (C=O) groups excluding carboxylic acids is 1. The fourth-order valence-corrected chi connectivity index (χ4v) is 4.48. The lowest BCUT2D eigenvalue weighted by Gasteiger charge is -2.26. The van der Waals surface area contributed by atoms with E-state index < -0.39 is 0 Å². The minimum Gasteiger partial charge on any atom is -0.497 e. The van der Waals surface area contributed by atoms with Gasteiger partial charge in [0, 0.05) is 24.3 Å². The number of likely N-dealkylation sites (tertiary alicyclic amines) is 1. The Bertz CT molecular complexity index is 948. The summed E-state index contributed by atoms with van der Waals surface area (Å²) in [6, 6.07) is 18.1. The fourth-order valence-electron chi connectivity index (χ4n) is 3.59.